The maximum Gasteiger partial charge on any atom is 0.220 e. The molecule has 0 heterocycles. The van der Waals surface area contributed by atoms with E-state index in [0.29, 0.717) is 19.5 Å². The molecule has 0 aromatic carbocycles. The maximum atomic E-state index is 12.9. The Morgan fingerprint density at radius 2 is 0.892 bits per heavy atom. The standard InChI is InChI=1S/C54H106IN3O7/c1-7-9-11-13-15-17-19-21-23-25-27-29-31-33-35-37-44-57-53(62)64-48-49(58-51(60)39-36-34-32-30-28-26-24-22-20-18-16-14-12-10-8-2)47-63-52(61)41-40-50(59)56-45-38-42-54(3,4)65-46-43-55(5)6/h49H,7-48H2,1-6H3,(H,56,59)(H,57,62)(H,58,60). The molecule has 0 rings (SSSR count). The number of ether oxygens (including phenoxy) is 3. The molecule has 3 amide bonds. The van der Waals surface area contributed by atoms with Crippen molar-refractivity contribution in [2.24, 2.45) is 0 Å². The topological polar surface area (TPSA) is 132 Å². The molecule has 0 aliphatic carbocycles. The fourth-order valence-electron chi connectivity index (χ4n) is 8.03. The average molecular weight is 1040 g/mol. The number of halogens is 1. The van der Waals surface area contributed by atoms with Gasteiger partial charge in [0.25, 0.3) is 0 Å². The van der Waals surface area contributed by atoms with E-state index in [1.54, 1.807) is 0 Å². The minimum atomic E-state index is -0.799. The van der Waals surface area contributed by atoms with Gasteiger partial charge in [-0.15, -0.1) is 0 Å². The molecule has 0 aromatic heterocycles. The number of esters is 1. The number of hydrogen-bond donors (Lipinski definition) is 3. The second kappa shape index (κ2) is 47.4. The van der Waals surface area contributed by atoms with Crippen molar-refractivity contribution in [2.45, 2.75) is 270 Å². The minimum absolute atomic E-state index is 0.0207. The van der Waals surface area contributed by atoms with Crippen LogP contribution in [0.3, 0.4) is 0 Å². The Balaban J connectivity index is 4.48. The van der Waals surface area contributed by atoms with Crippen LogP contribution in [-0.4, -0.2) is 82.7 Å². The number of alkyl halides is 3. The number of amides is 3. The molecule has 0 saturated carbocycles. The number of hydrogen-bond acceptors (Lipinski definition) is 7. The molecule has 65 heavy (non-hydrogen) atoms. The van der Waals surface area contributed by atoms with Gasteiger partial charge in [0.1, 0.15) is 13.2 Å². The van der Waals surface area contributed by atoms with Crippen LogP contribution in [0.15, 0.2) is 0 Å². The van der Waals surface area contributed by atoms with Gasteiger partial charge in [0.05, 0.1) is 6.04 Å². The minimum Gasteiger partial charge on any atom is -0.346 e. The predicted octanol–water partition coefficient (Wildman–Crippen LogP) is 14.5. The zero-order valence-corrected chi connectivity index (χ0v) is 45.7. The van der Waals surface area contributed by atoms with Gasteiger partial charge in [0.15, 0.2) is 0 Å². The Hall–Kier alpha value is -1.63. The first-order valence-corrected chi connectivity index (χ1v) is 33.0. The molecule has 3 N–H and O–H groups in total. The summed E-state index contributed by atoms with van der Waals surface area (Å²) in [6.07, 6.45) is 41.1. The molecule has 11 heteroatoms. The summed E-state index contributed by atoms with van der Waals surface area (Å²) in [4.78, 5) is 55.3. The first-order valence-electron chi connectivity index (χ1n) is 27.2. The molecule has 0 aliphatic heterocycles. The number of unbranched alkanes of at least 4 members (excludes halogenated alkanes) is 29. The van der Waals surface area contributed by atoms with E-state index in [2.05, 4.69) is 53.5 Å². The number of nitrogens with one attached hydrogen (secondary N) is 3. The SMILES string of the molecule is CCCCCCCCCCCCCCCCCCNC(=O)OCC(COC(=O)CCC(=O)NCCCC(C)(C)OCCI(C)C)NC(=O)CCCCCCCCCCCCCCCCC. The van der Waals surface area contributed by atoms with Crippen molar-refractivity contribution < 1.29 is 33.4 Å². The van der Waals surface area contributed by atoms with Crippen molar-refractivity contribution in [1.29, 1.82) is 0 Å². The van der Waals surface area contributed by atoms with E-state index >= 15 is 0 Å². The third kappa shape index (κ3) is 48.6. The summed E-state index contributed by atoms with van der Waals surface area (Å²) in [5.74, 6) is -0.878. The third-order valence-electron chi connectivity index (χ3n) is 12.3. The monoisotopic (exact) mass is 1040 g/mol. The summed E-state index contributed by atoms with van der Waals surface area (Å²) in [6, 6.07) is -0.674. The van der Waals surface area contributed by atoms with Crippen molar-refractivity contribution in [3.05, 3.63) is 0 Å². The fraction of sp³-hybridized carbons (Fsp3) is 0.926. The van der Waals surface area contributed by atoms with Crippen LogP contribution in [0.5, 0.6) is 0 Å². The molecule has 0 spiro atoms. The van der Waals surface area contributed by atoms with E-state index in [1.165, 1.54) is 171 Å². The predicted molar refractivity (Wildman–Crippen MR) is 284 cm³/mol. The van der Waals surface area contributed by atoms with E-state index in [-0.39, 0.29) is 43.5 Å². The number of alkyl carbamates (subject to hydrolysis) is 1. The molecule has 0 fully saturated rings. The van der Waals surface area contributed by atoms with Crippen LogP contribution in [0, 0.1) is 0 Å². The van der Waals surface area contributed by atoms with Gasteiger partial charge >= 0.3 is 125 Å². The molecule has 1 atom stereocenters. The Labute approximate surface area is 408 Å². The van der Waals surface area contributed by atoms with Gasteiger partial charge in [-0.1, -0.05) is 200 Å². The summed E-state index contributed by atoms with van der Waals surface area (Å²) in [5, 5.41) is 8.65. The summed E-state index contributed by atoms with van der Waals surface area (Å²) in [5.41, 5.74) is -0.228. The largest absolute Gasteiger partial charge is 0.346 e. The quantitative estimate of drug-likeness (QED) is 0.0239. The molecular weight excluding hydrogens is 930 g/mol. The van der Waals surface area contributed by atoms with Crippen LogP contribution in [0.2, 0.25) is 0 Å². The Morgan fingerprint density at radius 1 is 0.477 bits per heavy atom. The van der Waals surface area contributed by atoms with Crippen LogP contribution in [0.4, 0.5) is 4.79 Å². The zero-order valence-electron chi connectivity index (χ0n) is 43.5. The second-order valence-electron chi connectivity index (χ2n) is 19.6. The molecule has 386 valence electrons. The van der Waals surface area contributed by atoms with Gasteiger partial charge in [0.2, 0.25) is 5.91 Å². The molecule has 0 bridgehead atoms. The Bertz CT molecular complexity index is 1110. The van der Waals surface area contributed by atoms with Crippen LogP contribution in [0.1, 0.15) is 259 Å². The van der Waals surface area contributed by atoms with E-state index in [4.69, 9.17) is 14.2 Å². The van der Waals surface area contributed by atoms with Gasteiger partial charge < -0.3 is 20.1 Å². The average Bonchev–Trinajstić information content (AvgIpc) is 3.27. The van der Waals surface area contributed by atoms with Gasteiger partial charge in [-0.05, 0) is 12.8 Å². The van der Waals surface area contributed by atoms with Gasteiger partial charge in [0, 0.05) is 13.0 Å². The molecular formula is C54H106IN3O7. The number of carbonyl (C=O) groups excluding carboxylic acids is 4. The van der Waals surface area contributed by atoms with E-state index in [0.717, 1.165) is 51.6 Å². The molecule has 0 radical (unpaired) electrons. The Kier molecular flexibility index (Phi) is 46.2. The van der Waals surface area contributed by atoms with Gasteiger partial charge in [-0.2, -0.15) is 0 Å². The van der Waals surface area contributed by atoms with Crippen molar-refractivity contribution in [1.82, 2.24) is 16.0 Å². The number of rotatable bonds is 49. The molecule has 0 aliphatic rings. The van der Waals surface area contributed by atoms with Crippen LogP contribution in [0.25, 0.3) is 0 Å². The second-order valence-corrected chi connectivity index (χ2v) is 25.9. The fourth-order valence-corrected chi connectivity index (χ4v) is 9.13. The summed E-state index contributed by atoms with van der Waals surface area (Å²) >= 11 is -0.799. The van der Waals surface area contributed by atoms with Crippen LogP contribution in [-0.2, 0) is 28.6 Å². The van der Waals surface area contributed by atoms with Crippen molar-refractivity contribution in [3.8, 4) is 0 Å². The van der Waals surface area contributed by atoms with Gasteiger partial charge in [-0.3, -0.25) is 9.59 Å². The van der Waals surface area contributed by atoms with Crippen LogP contribution < -0.4 is 16.0 Å². The van der Waals surface area contributed by atoms with Gasteiger partial charge in [-0.25, -0.2) is 4.79 Å². The first kappa shape index (κ1) is 63.4. The summed E-state index contributed by atoms with van der Waals surface area (Å²) in [6.45, 7) is 10.3. The van der Waals surface area contributed by atoms with E-state index in [1.807, 2.05) is 0 Å². The third-order valence-corrected chi connectivity index (χ3v) is 14.9. The van der Waals surface area contributed by atoms with Crippen molar-refractivity contribution >= 4 is 43.7 Å². The summed E-state index contributed by atoms with van der Waals surface area (Å²) in [7, 11) is 0. The molecule has 0 saturated heterocycles. The maximum absolute atomic E-state index is 12.9. The molecule has 10 nitrogen and oxygen atoms in total. The van der Waals surface area contributed by atoms with Crippen molar-refractivity contribution in [3.63, 3.8) is 0 Å². The molecule has 1 unspecified atom stereocenters. The van der Waals surface area contributed by atoms with E-state index < -0.39 is 37.9 Å². The zero-order chi connectivity index (χ0) is 47.9. The van der Waals surface area contributed by atoms with Crippen LogP contribution >= 0.6 is 19.8 Å². The van der Waals surface area contributed by atoms with Crippen molar-refractivity contribution in [2.75, 3.05) is 47.2 Å². The molecule has 0 aromatic rings. The smallest absolute Gasteiger partial charge is 0.220 e. The first-order chi connectivity index (χ1) is 31.5. The van der Waals surface area contributed by atoms with E-state index in [9.17, 15) is 19.2 Å². The Morgan fingerprint density at radius 3 is 1.35 bits per heavy atom. The normalized spacial score (nSPS) is 12.2. The summed E-state index contributed by atoms with van der Waals surface area (Å²) < 4.78 is 18.2. The number of carbonyl (C=O) groups is 4.